The Morgan fingerprint density at radius 1 is 1.06 bits per heavy atom. The molecule has 2 aromatic heterocycles. The van der Waals surface area contributed by atoms with Gasteiger partial charge in [0.25, 0.3) is 5.91 Å². The minimum atomic E-state index is -4.37. The number of hydrogen-bond acceptors (Lipinski definition) is 2. The maximum Gasteiger partial charge on any atom is 0.416 e. The number of carbonyl (C=O) groups is 1. The molecule has 0 bridgehead atoms. The quantitative estimate of drug-likeness (QED) is 0.433. The Morgan fingerprint density at radius 3 is 2.41 bits per heavy atom. The minimum Gasteiger partial charge on any atom is -0.345 e. The van der Waals surface area contributed by atoms with E-state index in [1.165, 1.54) is 18.3 Å². The predicted octanol–water partition coefficient (Wildman–Crippen LogP) is 5.74. The molecule has 0 radical (unpaired) electrons. The van der Waals surface area contributed by atoms with Crippen molar-refractivity contribution in [3.8, 4) is 0 Å². The predicted molar refractivity (Wildman–Crippen MR) is 117 cm³/mol. The lowest BCUT2D eigenvalue weighted by Gasteiger charge is -2.15. The number of alkyl halides is 3. The lowest BCUT2D eigenvalue weighted by molar-refractivity contribution is -0.137. The summed E-state index contributed by atoms with van der Waals surface area (Å²) in [6.07, 6.45) is -0.736. The molecular weight excluding hydrogens is 415 g/mol. The van der Waals surface area contributed by atoms with Gasteiger partial charge in [0.05, 0.1) is 28.9 Å². The third-order valence-electron chi connectivity index (χ3n) is 5.47. The molecule has 0 unspecified atom stereocenters. The van der Waals surface area contributed by atoms with E-state index in [0.29, 0.717) is 23.1 Å². The van der Waals surface area contributed by atoms with E-state index in [1.54, 1.807) is 16.8 Å². The Hall–Kier alpha value is -3.61. The van der Waals surface area contributed by atoms with Gasteiger partial charge in [-0.3, -0.25) is 4.79 Å². The zero-order valence-electron chi connectivity index (χ0n) is 17.6. The fourth-order valence-corrected chi connectivity index (χ4v) is 3.67. The van der Waals surface area contributed by atoms with Crippen LogP contribution >= 0.6 is 0 Å². The average Bonchev–Trinajstić information content (AvgIpc) is 3.19. The van der Waals surface area contributed by atoms with Crippen molar-refractivity contribution in [2.45, 2.75) is 32.5 Å². The van der Waals surface area contributed by atoms with Gasteiger partial charge >= 0.3 is 6.18 Å². The summed E-state index contributed by atoms with van der Waals surface area (Å²) in [5.41, 5.74) is 4.03. The standard InChI is InChI=1S/C25H22F3N3O/c1-16-5-9-19(10-6-16)17(2)30-24(32)22-15-29-31-13-3-4-20(23(22)31)14-18-7-11-21(12-8-18)25(26,27)28/h3-13,15,17H,14H2,1-2H3,(H,30,32)/t17-/m1/s1. The van der Waals surface area contributed by atoms with Crippen LogP contribution in [0.4, 0.5) is 13.2 Å². The number of hydrogen-bond donors (Lipinski definition) is 1. The molecule has 0 aliphatic carbocycles. The number of nitrogens with zero attached hydrogens (tertiary/aromatic N) is 2. The molecule has 0 saturated heterocycles. The topological polar surface area (TPSA) is 46.4 Å². The van der Waals surface area contributed by atoms with Crippen LogP contribution < -0.4 is 5.32 Å². The normalized spacial score (nSPS) is 12.7. The molecular formula is C25H22F3N3O. The molecule has 1 N–H and O–H groups in total. The summed E-state index contributed by atoms with van der Waals surface area (Å²) in [6, 6.07) is 16.5. The third kappa shape index (κ3) is 4.51. The summed E-state index contributed by atoms with van der Waals surface area (Å²) in [5, 5.41) is 7.30. The lowest BCUT2D eigenvalue weighted by Crippen LogP contribution is -2.26. The molecule has 1 amide bonds. The number of amides is 1. The molecule has 0 aliphatic rings. The first-order valence-corrected chi connectivity index (χ1v) is 10.2. The van der Waals surface area contributed by atoms with Crippen LogP contribution in [0.3, 0.4) is 0 Å². The molecule has 0 fully saturated rings. The first-order chi connectivity index (χ1) is 15.2. The van der Waals surface area contributed by atoms with E-state index in [0.717, 1.165) is 28.8 Å². The first kappa shape index (κ1) is 21.6. The fraction of sp³-hybridized carbons (Fsp3) is 0.200. The van der Waals surface area contributed by atoms with Crippen LogP contribution in [-0.2, 0) is 12.6 Å². The second kappa shape index (κ2) is 8.49. The number of fused-ring (bicyclic) bond motifs is 1. The van der Waals surface area contributed by atoms with Crippen LogP contribution in [0.1, 0.15) is 51.1 Å². The van der Waals surface area contributed by atoms with Gasteiger partial charge in [-0.1, -0.05) is 48.0 Å². The molecule has 4 nitrogen and oxygen atoms in total. The molecule has 4 aromatic rings. The van der Waals surface area contributed by atoms with E-state index >= 15 is 0 Å². The zero-order valence-corrected chi connectivity index (χ0v) is 17.6. The maximum atomic E-state index is 13.0. The highest BCUT2D eigenvalue weighted by Gasteiger charge is 2.30. The van der Waals surface area contributed by atoms with E-state index in [9.17, 15) is 18.0 Å². The van der Waals surface area contributed by atoms with Gasteiger partial charge in [-0.25, -0.2) is 4.52 Å². The van der Waals surface area contributed by atoms with E-state index in [1.807, 2.05) is 44.2 Å². The molecule has 0 spiro atoms. The number of carbonyl (C=O) groups excluding carboxylic acids is 1. The summed E-state index contributed by atoms with van der Waals surface area (Å²) >= 11 is 0. The Kier molecular flexibility index (Phi) is 5.74. The summed E-state index contributed by atoms with van der Waals surface area (Å²) in [7, 11) is 0. The minimum absolute atomic E-state index is 0.194. The SMILES string of the molecule is Cc1ccc([C@@H](C)NC(=O)c2cnn3cccc(Cc4ccc(C(F)(F)F)cc4)c23)cc1. The van der Waals surface area contributed by atoms with Gasteiger partial charge in [-0.2, -0.15) is 18.3 Å². The Bertz CT molecular complexity index is 1240. The molecule has 1 atom stereocenters. The smallest absolute Gasteiger partial charge is 0.345 e. The average molecular weight is 437 g/mol. The molecule has 32 heavy (non-hydrogen) atoms. The van der Waals surface area contributed by atoms with Crippen LogP contribution in [0.25, 0.3) is 5.52 Å². The first-order valence-electron chi connectivity index (χ1n) is 10.2. The van der Waals surface area contributed by atoms with Crippen molar-refractivity contribution in [2.75, 3.05) is 0 Å². The summed E-state index contributed by atoms with van der Waals surface area (Å²) in [4.78, 5) is 13.0. The number of aromatic nitrogens is 2. The molecule has 164 valence electrons. The highest BCUT2D eigenvalue weighted by molar-refractivity contribution is 6.01. The largest absolute Gasteiger partial charge is 0.416 e. The van der Waals surface area contributed by atoms with Gasteiger partial charge in [0.2, 0.25) is 0 Å². The van der Waals surface area contributed by atoms with E-state index in [-0.39, 0.29) is 11.9 Å². The summed E-state index contributed by atoms with van der Waals surface area (Å²) in [5.74, 6) is -0.257. The van der Waals surface area contributed by atoms with Crippen LogP contribution in [0, 0.1) is 6.92 Å². The molecule has 7 heteroatoms. The maximum absolute atomic E-state index is 13.0. The van der Waals surface area contributed by atoms with Crippen molar-refractivity contribution in [1.29, 1.82) is 0 Å². The number of rotatable bonds is 5. The Morgan fingerprint density at radius 2 is 1.75 bits per heavy atom. The number of benzene rings is 2. The van der Waals surface area contributed by atoms with Gasteiger partial charge in [0.1, 0.15) is 0 Å². The Balaban J connectivity index is 1.60. The molecule has 0 aliphatic heterocycles. The fourth-order valence-electron chi connectivity index (χ4n) is 3.67. The van der Waals surface area contributed by atoms with Crippen molar-refractivity contribution in [2.24, 2.45) is 0 Å². The number of nitrogens with one attached hydrogen (secondary N) is 1. The van der Waals surface area contributed by atoms with Crippen molar-refractivity contribution >= 4 is 11.4 Å². The van der Waals surface area contributed by atoms with Crippen molar-refractivity contribution in [3.05, 3.63) is 106 Å². The second-order valence-corrected chi connectivity index (χ2v) is 7.86. The van der Waals surface area contributed by atoms with Gasteiger partial charge < -0.3 is 5.32 Å². The number of pyridine rings is 1. The molecule has 2 aromatic carbocycles. The second-order valence-electron chi connectivity index (χ2n) is 7.86. The van der Waals surface area contributed by atoms with Gasteiger partial charge in [-0.05, 0) is 55.2 Å². The molecule has 4 rings (SSSR count). The van der Waals surface area contributed by atoms with E-state index in [2.05, 4.69) is 10.4 Å². The highest BCUT2D eigenvalue weighted by Crippen LogP contribution is 2.30. The van der Waals surface area contributed by atoms with E-state index in [4.69, 9.17) is 0 Å². The Labute approximate surface area is 183 Å². The van der Waals surface area contributed by atoms with Crippen LogP contribution in [0.2, 0.25) is 0 Å². The van der Waals surface area contributed by atoms with Crippen LogP contribution in [0.5, 0.6) is 0 Å². The molecule has 0 saturated carbocycles. The summed E-state index contributed by atoms with van der Waals surface area (Å²) < 4.78 is 40.2. The van der Waals surface area contributed by atoms with Crippen molar-refractivity contribution in [1.82, 2.24) is 14.9 Å². The number of aryl methyl sites for hydroxylation is 1. The van der Waals surface area contributed by atoms with E-state index < -0.39 is 11.7 Å². The van der Waals surface area contributed by atoms with Crippen LogP contribution in [0.15, 0.2) is 73.1 Å². The highest BCUT2D eigenvalue weighted by atomic mass is 19.4. The van der Waals surface area contributed by atoms with Crippen molar-refractivity contribution < 1.29 is 18.0 Å². The van der Waals surface area contributed by atoms with Gasteiger partial charge in [0.15, 0.2) is 0 Å². The summed E-state index contributed by atoms with van der Waals surface area (Å²) in [6.45, 7) is 3.92. The van der Waals surface area contributed by atoms with Crippen LogP contribution in [-0.4, -0.2) is 15.5 Å². The zero-order chi connectivity index (χ0) is 22.9. The van der Waals surface area contributed by atoms with Crippen molar-refractivity contribution in [3.63, 3.8) is 0 Å². The molecule has 2 heterocycles. The number of halogens is 3. The lowest BCUT2D eigenvalue weighted by atomic mass is 10.0. The monoisotopic (exact) mass is 437 g/mol. The van der Waals surface area contributed by atoms with Gasteiger partial charge in [-0.15, -0.1) is 0 Å². The van der Waals surface area contributed by atoms with Gasteiger partial charge in [0, 0.05) is 6.20 Å². The third-order valence-corrected chi connectivity index (χ3v) is 5.47.